The van der Waals surface area contributed by atoms with E-state index in [9.17, 15) is 5.11 Å². The predicted octanol–water partition coefficient (Wildman–Crippen LogP) is 2.27. The summed E-state index contributed by atoms with van der Waals surface area (Å²) in [4.78, 5) is 0. The highest BCUT2D eigenvalue weighted by atomic mass is 16.3. The summed E-state index contributed by atoms with van der Waals surface area (Å²) in [6.45, 7) is 0. The van der Waals surface area contributed by atoms with E-state index in [0.717, 1.165) is 11.1 Å². The van der Waals surface area contributed by atoms with E-state index in [0.29, 0.717) is 6.42 Å². The van der Waals surface area contributed by atoms with Crippen molar-refractivity contribution in [1.82, 2.24) is 0 Å². The topological polar surface area (TPSA) is 46.2 Å². The van der Waals surface area contributed by atoms with Gasteiger partial charge in [0.25, 0.3) is 0 Å². The second-order valence-electron chi connectivity index (χ2n) is 4.54. The maximum Gasteiger partial charge on any atom is 0.0773 e. The fourth-order valence-corrected chi connectivity index (χ4v) is 2.55. The van der Waals surface area contributed by atoms with Crippen LogP contribution in [0.4, 0.5) is 0 Å². The Kier molecular flexibility index (Phi) is 2.46. The molecule has 1 aliphatic carbocycles. The number of rotatable bonds is 0. The van der Waals surface area contributed by atoms with Gasteiger partial charge in [0, 0.05) is 6.42 Å². The van der Waals surface area contributed by atoms with Crippen LogP contribution in [0.25, 0.3) is 11.1 Å². The number of hydrogen-bond acceptors (Lipinski definition) is 2. The van der Waals surface area contributed by atoms with E-state index in [-0.39, 0.29) is 6.04 Å². The van der Waals surface area contributed by atoms with Crippen LogP contribution in [0.5, 0.6) is 0 Å². The Hall–Kier alpha value is -1.64. The highest BCUT2D eigenvalue weighted by Gasteiger charge is 2.25. The molecule has 0 fully saturated rings. The third-order valence-electron chi connectivity index (χ3n) is 3.47. The molecule has 0 radical (unpaired) electrons. The van der Waals surface area contributed by atoms with Crippen LogP contribution in [0.15, 0.2) is 48.5 Å². The summed E-state index contributed by atoms with van der Waals surface area (Å²) in [5, 5.41) is 10.1. The Morgan fingerprint density at radius 2 is 1.59 bits per heavy atom. The standard InChI is InChI=1S/C15H15NO/c16-15-13-8-4-3-7-12(13)11-6-2-1-5-10(11)9-14(15)17/h1-8,14-15,17H,9,16H2. The molecule has 2 heteroatoms. The van der Waals surface area contributed by atoms with Gasteiger partial charge in [-0.05, 0) is 22.3 Å². The van der Waals surface area contributed by atoms with E-state index in [1.807, 2.05) is 30.3 Å². The van der Waals surface area contributed by atoms with Gasteiger partial charge in [0.1, 0.15) is 0 Å². The third kappa shape index (κ3) is 1.66. The Morgan fingerprint density at radius 1 is 0.941 bits per heavy atom. The molecule has 3 rings (SSSR count). The Bertz CT molecular complexity index is 550. The zero-order valence-corrected chi connectivity index (χ0v) is 9.51. The summed E-state index contributed by atoms with van der Waals surface area (Å²) in [6.07, 6.45) is 0.103. The zero-order chi connectivity index (χ0) is 11.8. The fourth-order valence-electron chi connectivity index (χ4n) is 2.55. The van der Waals surface area contributed by atoms with Crippen LogP contribution in [0.1, 0.15) is 17.2 Å². The molecule has 0 bridgehead atoms. The smallest absolute Gasteiger partial charge is 0.0773 e. The van der Waals surface area contributed by atoms with Gasteiger partial charge in [-0.25, -0.2) is 0 Å². The second kappa shape index (κ2) is 3.99. The monoisotopic (exact) mass is 225 g/mol. The van der Waals surface area contributed by atoms with Gasteiger partial charge in [0.05, 0.1) is 12.1 Å². The van der Waals surface area contributed by atoms with E-state index in [4.69, 9.17) is 5.73 Å². The molecule has 2 aromatic rings. The summed E-state index contributed by atoms with van der Waals surface area (Å²) in [7, 11) is 0. The summed E-state index contributed by atoms with van der Waals surface area (Å²) in [5.41, 5.74) is 10.7. The summed E-state index contributed by atoms with van der Waals surface area (Å²) in [6, 6.07) is 16.0. The molecule has 86 valence electrons. The lowest BCUT2D eigenvalue weighted by molar-refractivity contribution is 0.146. The summed E-state index contributed by atoms with van der Waals surface area (Å²) in [5.74, 6) is 0. The largest absolute Gasteiger partial charge is 0.391 e. The summed E-state index contributed by atoms with van der Waals surface area (Å²) < 4.78 is 0. The van der Waals surface area contributed by atoms with Crippen LogP contribution < -0.4 is 5.73 Å². The Morgan fingerprint density at radius 3 is 2.41 bits per heavy atom. The predicted molar refractivity (Wildman–Crippen MR) is 68.5 cm³/mol. The first-order chi connectivity index (χ1) is 8.27. The van der Waals surface area contributed by atoms with Crippen molar-refractivity contribution >= 4 is 0 Å². The number of aliphatic hydroxyl groups excluding tert-OH is 1. The van der Waals surface area contributed by atoms with E-state index >= 15 is 0 Å². The molecule has 3 N–H and O–H groups in total. The molecule has 0 spiro atoms. The second-order valence-corrected chi connectivity index (χ2v) is 4.54. The maximum absolute atomic E-state index is 10.1. The minimum atomic E-state index is -0.514. The lowest BCUT2D eigenvalue weighted by atomic mass is 9.95. The molecule has 2 unspecified atom stereocenters. The molecule has 2 atom stereocenters. The molecule has 1 aliphatic rings. The van der Waals surface area contributed by atoms with Gasteiger partial charge in [-0.15, -0.1) is 0 Å². The molecule has 17 heavy (non-hydrogen) atoms. The van der Waals surface area contributed by atoms with Gasteiger partial charge in [0.2, 0.25) is 0 Å². The summed E-state index contributed by atoms with van der Waals surface area (Å²) >= 11 is 0. The average Bonchev–Trinajstić information content (AvgIpc) is 2.48. The number of aliphatic hydroxyl groups is 1. The molecule has 0 heterocycles. The first kappa shape index (κ1) is 10.5. The van der Waals surface area contributed by atoms with Gasteiger partial charge in [-0.1, -0.05) is 48.5 Å². The first-order valence-corrected chi connectivity index (χ1v) is 5.88. The molecule has 2 nitrogen and oxygen atoms in total. The molecule has 0 amide bonds. The highest BCUT2D eigenvalue weighted by Crippen LogP contribution is 2.35. The molecular weight excluding hydrogens is 210 g/mol. The van der Waals surface area contributed by atoms with Crippen molar-refractivity contribution in [2.45, 2.75) is 18.6 Å². The van der Waals surface area contributed by atoms with Gasteiger partial charge in [0.15, 0.2) is 0 Å². The molecule has 0 saturated carbocycles. The van der Waals surface area contributed by atoms with Gasteiger partial charge < -0.3 is 10.8 Å². The van der Waals surface area contributed by atoms with Crippen LogP contribution >= 0.6 is 0 Å². The van der Waals surface area contributed by atoms with Crippen LogP contribution in [0, 0.1) is 0 Å². The van der Waals surface area contributed by atoms with Crippen molar-refractivity contribution in [2.24, 2.45) is 5.73 Å². The minimum absolute atomic E-state index is 0.307. The van der Waals surface area contributed by atoms with Crippen LogP contribution in [0.2, 0.25) is 0 Å². The highest BCUT2D eigenvalue weighted by molar-refractivity contribution is 5.72. The lowest BCUT2D eigenvalue weighted by Gasteiger charge is -2.17. The van der Waals surface area contributed by atoms with Crippen molar-refractivity contribution in [3.63, 3.8) is 0 Å². The quantitative estimate of drug-likeness (QED) is 0.722. The normalized spacial score (nSPS) is 22.5. The maximum atomic E-state index is 10.1. The van der Waals surface area contributed by atoms with Crippen molar-refractivity contribution < 1.29 is 5.11 Å². The Balaban J connectivity index is 2.29. The number of fused-ring (bicyclic) bond motifs is 3. The minimum Gasteiger partial charge on any atom is -0.391 e. The molecule has 2 aromatic carbocycles. The first-order valence-electron chi connectivity index (χ1n) is 5.88. The van der Waals surface area contributed by atoms with Crippen molar-refractivity contribution in [3.05, 3.63) is 59.7 Å². The van der Waals surface area contributed by atoms with Crippen molar-refractivity contribution in [2.75, 3.05) is 0 Å². The van der Waals surface area contributed by atoms with Crippen LogP contribution in [0.3, 0.4) is 0 Å². The van der Waals surface area contributed by atoms with Crippen LogP contribution in [-0.4, -0.2) is 11.2 Å². The molecular formula is C15H15NO. The number of hydrogen-bond donors (Lipinski definition) is 2. The zero-order valence-electron chi connectivity index (χ0n) is 9.51. The third-order valence-corrected chi connectivity index (χ3v) is 3.47. The van der Waals surface area contributed by atoms with Gasteiger partial charge in [-0.3, -0.25) is 0 Å². The van der Waals surface area contributed by atoms with Crippen molar-refractivity contribution in [3.8, 4) is 11.1 Å². The van der Waals surface area contributed by atoms with Crippen molar-refractivity contribution in [1.29, 1.82) is 0 Å². The fraction of sp³-hybridized carbons (Fsp3) is 0.200. The van der Waals surface area contributed by atoms with E-state index in [2.05, 4.69) is 18.2 Å². The average molecular weight is 225 g/mol. The Labute approximate surface area is 101 Å². The SMILES string of the molecule is NC1c2ccccc2-c2ccccc2CC1O. The lowest BCUT2D eigenvalue weighted by Crippen LogP contribution is -2.27. The van der Waals surface area contributed by atoms with Crippen LogP contribution in [-0.2, 0) is 6.42 Å². The molecule has 0 saturated heterocycles. The van der Waals surface area contributed by atoms with Gasteiger partial charge >= 0.3 is 0 Å². The molecule has 0 aliphatic heterocycles. The number of benzene rings is 2. The molecule has 0 aromatic heterocycles. The van der Waals surface area contributed by atoms with E-state index < -0.39 is 6.10 Å². The van der Waals surface area contributed by atoms with Gasteiger partial charge in [-0.2, -0.15) is 0 Å². The van der Waals surface area contributed by atoms with E-state index in [1.165, 1.54) is 11.1 Å². The number of nitrogens with two attached hydrogens (primary N) is 1. The van der Waals surface area contributed by atoms with E-state index in [1.54, 1.807) is 0 Å².